The van der Waals surface area contributed by atoms with Gasteiger partial charge in [-0.15, -0.1) is 0 Å². The summed E-state index contributed by atoms with van der Waals surface area (Å²) in [6.45, 7) is 4.16. The Morgan fingerprint density at radius 2 is 1.92 bits per heavy atom. The van der Waals surface area contributed by atoms with Crippen molar-refractivity contribution in [1.82, 2.24) is 15.5 Å². The number of amides is 2. The molecule has 1 aliphatic rings. The van der Waals surface area contributed by atoms with Crippen LogP contribution in [0.15, 0.2) is 30.3 Å². The second-order valence-electron chi connectivity index (χ2n) is 5.67. The molecule has 2 amide bonds. The highest BCUT2D eigenvalue weighted by Gasteiger charge is 2.22. The van der Waals surface area contributed by atoms with E-state index in [0.29, 0.717) is 12.1 Å². The lowest BCUT2D eigenvalue weighted by Crippen LogP contribution is -2.42. The van der Waals surface area contributed by atoms with Crippen LogP contribution in [0.5, 0.6) is 0 Å². The lowest BCUT2D eigenvalue weighted by atomic mass is 10.1. The van der Waals surface area contributed by atoms with Gasteiger partial charge in [0.2, 0.25) is 11.8 Å². The monoisotopic (exact) mass is 335 g/mol. The van der Waals surface area contributed by atoms with Crippen molar-refractivity contribution in [2.75, 3.05) is 46.0 Å². The molecule has 0 unspecified atom stereocenters. The van der Waals surface area contributed by atoms with Gasteiger partial charge in [-0.3, -0.25) is 14.5 Å². The van der Waals surface area contributed by atoms with Gasteiger partial charge in [-0.1, -0.05) is 30.3 Å². The molecule has 0 spiro atoms. The molecule has 1 aromatic carbocycles. The fourth-order valence-electron chi connectivity index (χ4n) is 2.59. The molecule has 7 nitrogen and oxygen atoms in total. The summed E-state index contributed by atoms with van der Waals surface area (Å²) in [7, 11) is 0. The molecule has 1 aliphatic heterocycles. The molecule has 0 bridgehead atoms. The van der Waals surface area contributed by atoms with Crippen molar-refractivity contribution in [3.05, 3.63) is 35.9 Å². The number of carbonyl (C=O) groups excluding carboxylic acids is 2. The SMILES string of the molecule is O=C(CO)N[C@@H](C(=O)NCCCN1CCOCC1)c1ccccc1. The molecule has 0 saturated carbocycles. The summed E-state index contributed by atoms with van der Waals surface area (Å²) < 4.78 is 5.30. The average molecular weight is 335 g/mol. The van der Waals surface area contributed by atoms with E-state index in [-0.39, 0.29) is 5.91 Å². The molecule has 1 atom stereocenters. The molecule has 3 N–H and O–H groups in total. The van der Waals surface area contributed by atoms with Crippen LogP contribution in [0.1, 0.15) is 18.0 Å². The predicted octanol–water partition coefficient (Wildman–Crippen LogP) is -0.325. The van der Waals surface area contributed by atoms with E-state index in [0.717, 1.165) is 39.3 Å². The fraction of sp³-hybridized carbons (Fsp3) is 0.529. The number of hydrogen-bond donors (Lipinski definition) is 3. The molecule has 0 aliphatic carbocycles. The maximum atomic E-state index is 12.4. The van der Waals surface area contributed by atoms with Crippen molar-refractivity contribution in [1.29, 1.82) is 0 Å². The van der Waals surface area contributed by atoms with E-state index in [1.807, 2.05) is 6.07 Å². The largest absolute Gasteiger partial charge is 0.387 e. The van der Waals surface area contributed by atoms with Gasteiger partial charge in [0.05, 0.1) is 13.2 Å². The number of morpholine rings is 1. The highest BCUT2D eigenvalue weighted by molar-refractivity contribution is 5.88. The van der Waals surface area contributed by atoms with Crippen LogP contribution >= 0.6 is 0 Å². The van der Waals surface area contributed by atoms with Crippen LogP contribution in [-0.4, -0.2) is 67.8 Å². The topological polar surface area (TPSA) is 90.9 Å². The molecular weight excluding hydrogens is 310 g/mol. The van der Waals surface area contributed by atoms with Gasteiger partial charge in [0.1, 0.15) is 12.6 Å². The van der Waals surface area contributed by atoms with E-state index in [9.17, 15) is 9.59 Å². The molecule has 0 aromatic heterocycles. The highest BCUT2D eigenvalue weighted by Crippen LogP contribution is 2.12. The first kappa shape index (κ1) is 18.4. The third-order valence-corrected chi connectivity index (χ3v) is 3.90. The maximum absolute atomic E-state index is 12.4. The van der Waals surface area contributed by atoms with E-state index in [2.05, 4.69) is 15.5 Å². The van der Waals surface area contributed by atoms with Gasteiger partial charge in [0, 0.05) is 19.6 Å². The highest BCUT2D eigenvalue weighted by atomic mass is 16.5. The molecule has 0 radical (unpaired) electrons. The third-order valence-electron chi connectivity index (χ3n) is 3.90. The smallest absolute Gasteiger partial charge is 0.247 e. The number of nitrogens with one attached hydrogen (secondary N) is 2. The van der Waals surface area contributed by atoms with E-state index >= 15 is 0 Å². The summed E-state index contributed by atoms with van der Waals surface area (Å²) in [5.74, 6) is -0.850. The third kappa shape index (κ3) is 5.92. The minimum absolute atomic E-state index is 0.273. The first-order valence-corrected chi connectivity index (χ1v) is 8.23. The standard InChI is InChI=1S/C17H25N3O4/c21-13-15(22)19-16(14-5-2-1-3-6-14)17(23)18-7-4-8-20-9-11-24-12-10-20/h1-3,5-6,16,21H,4,7-13H2,(H,18,23)(H,19,22)/t16-/m1/s1. The number of hydrogen-bond acceptors (Lipinski definition) is 5. The number of ether oxygens (including phenoxy) is 1. The van der Waals surface area contributed by atoms with Crippen LogP contribution in [-0.2, 0) is 14.3 Å². The number of benzene rings is 1. The summed E-state index contributed by atoms with van der Waals surface area (Å²) in [6, 6.07) is 8.20. The van der Waals surface area contributed by atoms with Gasteiger partial charge in [-0.05, 0) is 18.5 Å². The zero-order chi connectivity index (χ0) is 17.2. The van der Waals surface area contributed by atoms with E-state index in [4.69, 9.17) is 9.84 Å². The summed E-state index contributed by atoms with van der Waals surface area (Å²) in [5.41, 5.74) is 0.685. The first-order chi connectivity index (χ1) is 11.7. The Balaban J connectivity index is 1.82. The fourth-order valence-corrected chi connectivity index (χ4v) is 2.59. The van der Waals surface area contributed by atoms with Crippen LogP contribution in [0, 0.1) is 0 Å². The van der Waals surface area contributed by atoms with Gasteiger partial charge < -0.3 is 20.5 Å². The van der Waals surface area contributed by atoms with Crippen LogP contribution in [0.3, 0.4) is 0 Å². The van der Waals surface area contributed by atoms with Crippen molar-refractivity contribution < 1.29 is 19.4 Å². The molecule has 132 valence electrons. The number of carbonyl (C=O) groups is 2. The first-order valence-electron chi connectivity index (χ1n) is 8.23. The van der Waals surface area contributed by atoms with Gasteiger partial charge in [-0.2, -0.15) is 0 Å². The summed E-state index contributed by atoms with van der Waals surface area (Å²) >= 11 is 0. The zero-order valence-corrected chi connectivity index (χ0v) is 13.7. The maximum Gasteiger partial charge on any atom is 0.247 e. The number of aliphatic hydroxyl groups excluding tert-OH is 1. The lowest BCUT2D eigenvalue weighted by molar-refractivity contribution is -0.130. The van der Waals surface area contributed by atoms with Gasteiger partial charge in [0.15, 0.2) is 0 Å². The number of rotatable bonds is 8. The minimum Gasteiger partial charge on any atom is -0.387 e. The van der Waals surface area contributed by atoms with E-state index in [1.165, 1.54) is 0 Å². The molecule has 1 aromatic rings. The summed E-state index contributed by atoms with van der Waals surface area (Å²) in [4.78, 5) is 26.2. The molecule has 1 fully saturated rings. The van der Waals surface area contributed by atoms with Crippen molar-refractivity contribution in [2.45, 2.75) is 12.5 Å². The Bertz CT molecular complexity index is 518. The van der Waals surface area contributed by atoms with Crippen molar-refractivity contribution in [3.8, 4) is 0 Å². The Hall–Kier alpha value is -1.96. The van der Waals surface area contributed by atoms with Crippen molar-refractivity contribution in [3.63, 3.8) is 0 Å². The molecule has 7 heteroatoms. The quantitative estimate of drug-likeness (QED) is 0.566. The second-order valence-corrected chi connectivity index (χ2v) is 5.67. The molecule has 1 saturated heterocycles. The van der Waals surface area contributed by atoms with Crippen molar-refractivity contribution >= 4 is 11.8 Å². The predicted molar refractivity (Wildman–Crippen MR) is 89.3 cm³/mol. The van der Waals surface area contributed by atoms with Gasteiger partial charge in [0.25, 0.3) is 0 Å². The van der Waals surface area contributed by atoms with E-state index < -0.39 is 18.6 Å². The van der Waals surface area contributed by atoms with Crippen LogP contribution in [0.2, 0.25) is 0 Å². The Morgan fingerprint density at radius 1 is 1.21 bits per heavy atom. The van der Waals surface area contributed by atoms with Gasteiger partial charge in [-0.25, -0.2) is 0 Å². The van der Waals surface area contributed by atoms with Crippen LogP contribution < -0.4 is 10.6 Å². The zero-order valence-electron chi connectivity index (χ0n) is 13.7. The summed E-state index contributed by atoms with van der Waals surface area (Å²) in [6.07, 6.45) is 0.835. The molecule has 1 heterocycles. The van der Waals surface area contributed by atoms with Crippen LogP contribution in [0.4, 0.5) is 0 Å². The number of nitrogens with zero attached hydrogens (tertiary/aromatic N) is 1. The van der Waals surface area contributed by atoms with Crippen molar-refractivity contribution in [2.24, 2.45) is 0 Å². The minimum atomic E-state index is -0.797. The molecule has 24 heavy (non-hydrogen) atoms. The van der Waals surface area contributed by atoms with Gasteiger partial charge >= 0.3 is 0 Å². The Kier molecular flexibility index (Phi) is 7.67. The molecular formula is C17H25N3O4. The lowest BCUT2D eigenvalue weighted by Gasteiger charge is -2.26. The normalized spacial score (nSPS) is 16.4. The second kappa shape index (κ2) is 10.0. The Labute approximate surface area is 142 Å². The Morgan fingerprint density at radius 3 is 2.58 bits per heavy atom. The van der Waals surface area contributed by atoms with Crippen LogP contribution in [0.25, 0.3) is 0 Å². The summed E-state index contributed by atoms with van der Waals surface area (Å²) in [5, 5.41) is 14.3. The van der Waals surface area contributed by atoms with E-state index in [1.54, 1.807) is 24.3 Å². The molecule has 2 rings (SSSR count). The average Bonchev–Trinajstić information content (AvgIpc) is 2.64. The number of aliphatic hydroxyl groups is 1.